The smallest absolute Gasteiger partial charge is 0.137 e. The van der Waals surface area contributed by atoms with Gasteiger partial charge in [0.25, 0.3) is 0 Å². The minimum absolute atomic E-state index is 0.0348. The van der Waals surface area contributed by atoms with Crippen LogP contribution in [-0.4, -0.2) is 41.2 Å². The number of hydrogen-bond donors (Lipinski definition) is 0. The summed E-state index contributed by atoms with van der Waals surface area (Å²) in [6.07, 6.45) is 7.20. The van der Waals surface area contributed by atoms with E-state index in [9.17, 15) is 4.39 Å². The summed E-state index contributed by atoms with van der Waals surface area (Å²) in [5.41, 5.74) is 2.48. The quantitative estimate of drug-likeness (QED) is 0.805. The summed E-state index contributed by atoms with van der Waals surface area (Å²) < 4.78 is 18.7. The van der Waals surface area contributed by atoms with Crippen LogP contribution in [0.4, 0.5) is 10.1 Å². The summed E-state index contributed by atoms with van der Waals surface area (Å²) in [6, 6.07) is 9.01. The van der Waals surface area contributed by atoms with Crippen molar-refractivity contribution in [3.05, 3.63) is 54.1 Å². The fraction of sp³-hybridized carbons (Fsp3) is 0.500. The molecule has 1 unspecified atom stereocenters. The van der Waals surface area contributed by atoms with Crippen LogP contribution in [0.1, 0.15) is 38.7 Å². The molecule has 0 saturated carbocycles. The summed E-state index contributed by atoms with van der Waals surface area (Å²) in [5, 5.41) is 0. The Bertz CT molecular complexity index is 807. The van der Waals surface area contributed by atoms with Crippen molar-refractivity contribution in [1.29, 1.82) is 0 Å². The van der Waals surface area contributed by atoms with Crippen molar-refractivity contribution in [2.45, 2.75) is 50.7 Å². The van der Waals surface area contributed by atoms with E-state index >= 15 is 0 Å². The molecule has 0 bridgehead atoms. The van der Waals surface area contributed by atoms with Crippen LogP contribution in [0.2, 0.25) is 0 Å². The summed E-state index contributed by atoms with van der Waals surface area (Å²) >= 11 is 0. The summed E-state index contributed by atoms with van der Waals surface area (Å²) in [6.45, 7) is 7.56. The highest BCUT2D eigenvalue weighted by Crippen LogP contribution is 2.47. The second kappa shape index (κ2) is 6.79. The van der Waals surface area contributed by atoms with Gasteiger partial charge in [0, 0.05) is 36.1 Å². The maximum Gasteiger partial charge on any atom is 0.137 e. The van der Waals surface area contributed by atoms with Crippen molar-refractivity contribution in [1.82, 2.24) is 9.88 Å². The van der Waals surface area contributed by atoms with Crippen LogP contribution >= 0.6 is 0 Å². The molecule has 1 spiro atoms. The normalized spacial score (nSPS) is 24.7. The molecule has 4 rings (SSSR count). The molecule has 1 aromatic heterocycles. The molecule has 1 atom stereocenters. The maximum atomic E-state index is 13.4. The lowest BCUT2D eigenvalue weighted by atomic mass is 9.87. The lowest BCUT2D eigenvalue weighted by Gasteiger charge is -2.35. The minimum atomic E-state index is -0.182. The van der Waals surface area contributed by atoms with Gasteiger partial charge in [-0.1, -0.05) is 0 Å². The highest BCUT2D eigenvalue weighted by molar-refractivity contribution is 5.51. The Labute approximate surface area is 161 Å². The Morgan fingerprint density at radius 1 is 1.19 bits per heavy atom. The van der Waals surface area contributed by atoms with Gasteiger partial charge in [0.15, 0.2) is 0 Å². The van der Waals surface area contributed by atoms with Gasteiger partial charge >= 0.3 is 0 Å². The van der Waals surface area contributed by atoms with Gasteiger partial charge in [-0.25, -0.2) is 4.39 Å². The van der Waals surface area contributed by atoms with Gasteiger partial charge in [-0.3, -0.25) is 9.88 Å². The number of pyridine rings is 1. The molecule has 0 radical (unpaired) electrons. The van der Waals surface area contributed by atoms with E-state index in [0.29, 0.717) is 0 Å². The van der Waals surface area contributed by atoms with Crippen molar-refractivity contribution in [2.24, 2.45) is 0 Å². The molecule has 144 valence electrons. The largest absolute Gasteiger partial charge is 0.495 e. The van der Waals surface area contributed by atoms with Crippen molar-refractivity contribution < 1.29 is 9.13 Å². The molecule has 2 fully saturated rings. The van der Waals surface area contributed by atoms with Crippen LogP contribution in [0, 0.1) is 5.82 Å². The fourth-order valence-electron chi connectivity index (χ4n) is 5.03. The van der Waals surface area contributed by atoms with Gasteiger partial charge in [-0.15, -0.1) is 0 Å². The predicted molar refractivity (Wildman–Crippen MR) is 106 cm³/mol. The van der Waals surface area contributed by atoms with E-state index < -0.39 is 0 Å². The average Bonchev–Trinajstić information content (AvgIpc) is 3.15. The molecule has 0 amide bonds. The molecule has 3 heterocycles. The van der Waals surface area contributed by atoms with Crippen LogP contribution in [0.15, 0.2) is 42.7 Å². The van der Waals surface area contributed by atoms with Crippen LogP contribution in [0.5, 0.6) is 5.75 Å². The molecule has 0 aliphatic carbocycles. The van der Waals surface area contributed by atoms with Crippen LogP contribution < -0.4 is 9.64 Å². The van der Waals surface area contributed by atoms with Gasteiger partial charge in [0.2, 0.25) is 0 Å². The zero-order chi connectivity index (χ0) is 19.1. The topological polar surface area (TPSA) is 28.6 Å². The third kappa shape index (κ3) is 3.41. The summed E-state index contributed by atoms with van der Waals surface area (Å²) in [5.74, 6) is 0.624. The molecule has 2 aromatic rings. The van der Waals surface area contributed by atoms with E-state index in [1.54, 1.807) is 25.4 Å². The summed E-state index contributed by atoms with van der Waals surface area (Å²) in [7, 11) is 1.68. The van der Waals surface area contributed by atoms with Gasteiger partial charge < -0.3 is 9.64 Å². The molecule has 0 N–H and O–H groups in total. The van der Waals surface area contributed by atoms with E-state index in [1.807, 2.05) is 18.3 Å². The summed E-state index contributed by atoms with van der Waals surface area (Å²) in [4.78, 5) is 9.39. The second-order valence-electron chi connectivity index (χ2n) is 8.53. The third-order valence-electron chi connectivity index (χ3n) is 6.20. The lowest BCUT2D eigenvalue weighted by Crippen LogP contribution is -2.45. The van der Waals surface area contributed by atoms with E-state index in [4.69, 9.17) is 4.74 Å². The number of ether oxygens (including phenoxy) is 1. The Morgan fingerprint density at radius 3 is 2.70 bits per heavy atom. The number of nitrogens with zero attached hydrogens (tertiary/aromatic N) is 3. The molecule has 1 aromatic carbocycles. The third-order valence-corrected chi connectivity index (χ3v) is 6.20. The first-order valence-electron chi connectivity index (χ1n) is 9.68. The number of rotatable bonds is 4. The van der Waals surface area contributed by atoms with Gasteiger partial charge in [0.05, 0.1) is 13.3 Å². The van der Waals surface area contributed by atoms with E-state index in [-0.39, 0.29) is 16.9 Å². The minimum Gasteiger partial charge on any atom is -0.495 e. The molecule has 2 saturated heterocycles. The fourth-order valence-corrected chi connectivity index (χ4v) is 5.03. The van der Waals surface area contributed by atoms with Crippen molar-refractivity contribution in [3.8, 4) is 5.75 Å². The number of aromatic nitrogens is 1. The number of methoxy groups -OCH3 is 1. The monoisotopic (exact) mass is 369 g/mol. The zero-order valence-electron chi connectivity index (χ0n) is 16.4. The average molecular weight is 369 g/mol. The lowest BCUT2D eigenvalue weighted by molar-refractivity contribution is 0.141. The van der Waals surface area contributed by atoms with E-state index in [0.717, 1.165) is 37.5 Å². The first-order chi connectivity index (χ1) is 12.9. The van der Waals surface area contributed by atoms with Gasteiger partial charge in [0.1, 0.15) is 11.6 Å². The molecular formula is C22H28FN3O. The van der Waals surface area contributed by atoms with E-state index in [1.165, 1.54) is 18.4 Å². The van der Waals surface area contributed by atoms with E-state index in [2.05, 4.69) is 34.7 Å². The molecule has 5 heteroatoms. The molecular weight excluding hydrogens is 341 g/mol. The number of halogens is 1. The Hall–Kier alpha value is -2.14. The highest BCUT2D eigenvalue weighted by atomic mass is 19.1. The van der Waals surface area contributed by atoms with Crippen molar-refractivity contribution in [3.63, 3.8) is 0 Å². The first-order valence-corrected chi connectivity index (χ1v) is 9.68. The predicted octanol–water partition coefficient (Wildman–Crippen LogP) is 4.25. The van der Waals surface area contributed by atoms with Gasteiger partial charge in [-0.05, 0) is 75.5 Å². The standard InChI is InChI=1S/C22H28FN3O/c1-21(2)15-22(16-26(21)19-7-5-18(23)6-8-19)9-4-10-25(22)14-17-11-20(27-3)13-24-12-17/h5-8,11-13H,4,9-10,14-16H2,1-3H3. The van der Waals surface area contributed by atoms with Crippen LogP contribution in [-0.2, 0) is 6.54 Å². The van der Waals surface area contributed by atoms with Gasteiger partial charge in [-0.2, -0.15) is 0 Å². The zero-order valence-corrected chi connectivity index (χ0v) is 16.4. The highest BCUT2D eigenvalue weighted by Gasteiger charge is 2.53. The van der Waals surface area contributed by atoms with Crippen molar-refractivity contribution >= 4 is 5.69 Å². The number of benzene rings is 1. The molecule has 27 heavy (non-hydrogen) atoms. The SMILES string of the molecule is COc1cncc(CN2CCCC23CN(c2ccc(F)cc2)C(C)(C)C3)c1. The molecule has 2 aliphatic rings. The Morgan fingerprint density at radius 2 is 1.96 bits per heavy atom. The first kappa shape index (κ1) is 18.2. The van der Waals surface area contributed by atoms with Crippen molar-refractivity contribution in [2.75, 3.05) is 25.1 Å². The number of hydrogen-bond acceptors (Lipinski definition) is 4. The number of likely N-dealkylation sites (tertiary alicyclic amines) is 1. The van der Waals surface area contributed by atoms with Crippen LogP contribution in [0.25, 0.3) is 0 Å². The Balaban J connectivity index is 1.58. The maximum absolute atomic E-state index is 13.4. The Kier molecular flexibility index (Phi) is 4.58. The second-order valence-corrected chi connectivity index (χ2v) is 8.53. The number of anilines is 1. The van der Waals surface area contributed by atoms with Crippen LogP contribution in [0.3, 0.4) is 0 Å². The molecule has 2 aliphatic heterocycles. The molecule has 4 nitrogen and oxygen atoms in total.